The maximum atomic E-state index is 2.44. The predicted molar refractivity (Wildman–Crippen MR) is 124 cm³/mol. The van der Waals surface area contributed by atoms with Gasteiger partial charge in [0.25, 0.3) is 0 Å². The van der Waals surface area contributed by atoms with Crippen molar-refractivity contribution >= 4 is 0 Å². The van der Waals surface area contributed by atoms with E-state index < -0.39 is 0 Å². The van der Waals surface area contributed by atoms with Crippen LogP contribution in [0, 0.1) is 0 Å². The van der Waals surface area contributed by atoms with Gasteiger partial charge in [-0.25, -0.2) is 0 Å². The van der Waals surface area contributed by atoms with Crippen molar-refractivity contribution < 1.29 is 0 Å². The van der Waals surface area contributed by atoms with Crippen molar-refractivity contribution in [1.29, 1.82) is 0 Å². The average molecular weight is 375 g/mol. The molecule has 1 aliphatic rings. The summed E-state index contributed by atoms with van der Waals surface area (Å²) in [5.41, 5.74) is 11.1. The van der Waals surface area contributed by atoms with Crippen molar-refractivity contribution in [3.8, 4) is 33.4 Å². The molecule has 0 nitrogen and oxygen atoms in total. The van der Waals surface area contributed by atoms with E-state index in [-0.39, 0.29) is 5.41 Å². The fourth-order valence-electron chi connectivity index (χ4n) is 5.13. The molecule has 1 aliphatic carbocycles. The van der Waals surface area contributed by atoms with Gasteiger partial charge < -0.3 is 0 Å². The summed E-state index contributed by atoms with van der Waals surface area (Å²) in [5.74, 6) is 0. The van der Waals surface area contributed by atoms with Crippen LogP contribution in [0.5, 0.6) is 0 Å². The van der Waals surface area contributed by atoms with Gasteiger partial charge in [-0.05, 0) is 63.4 Å². The maximum Gasteiger partial charge on any atom is 0.0210 e. The highest BCUT2D eigenvalue weighted by Gasteiger charge is 2.40. The second-order valence-electron chi connectivity index (χ2n) is 8.04. The molecule has 0 heteroatoms. The van der Waals surface area contributed by atoms with Crippen molar-refractivity contribution in [2.75, 3.05) is 0 Å². The Morgan fingerprint density at radius 3 is 1.69 bits per heavy atom. The van der Waals surface area contributed by atoms with E-state index in [0.29, 0.717) is 0 Å². The Kier molecular flexibility index (Phi) is 4.36. The molecule has 0 spiro atoms. The Labute approximate surface area is 173 Å². The first kappa shape index (κ1) is 17.9. The van der Waals surface area contributed by atoms with Crippen molar-refractivity contribution in [3.05, 3.63) is 108 Å². The minimum Gasteiger partial charge on any atom is -0.0642 e. The Morgan fingerprint density at radius 2 is 1.00 bits per heavy atom. The standard InChI is InChI=1S/C29H26/c1-3-29(4-2)27-13-9-8-12-25(27)26-19-18-24(20-28(26)29)23-16-14-22(15-17-23)21-10-6-5-7-11-21/h5-20H,3-4H2,1-2H3. The highest BCUT2D eigenvalue weighted by molar-refractivity contribution is 5.84. The summed E-state index contributed by atoms with van der Waals surface area (Å²) in [7, 11) is 0. The predicted octanol–water partition coefficient (Wildman–Crippen LogP) is 8.11. The molecule has 0 amide bonds. The van der Waals surface area contributed by atoms with E-state index in [1.807, 2.05) is 0 Å². The van der Waals surface area contributed by atoms with Gasteiger partial charge in [-0.3, -0.25) is 0 Å². The van der Waals surface area contributed by atoms with Crippen LogP contribution in [-0.2, 0) is 5.41 Å². The molecule has 0 heterocycles. The summed E-state index contributed by atoms with van der Waals surface area (Å²) < 4.78 is 0. The molecule has 0 fully saturated rings. The van der Waals surface area contributed by atoms with Gasteiger partial charge in [0.1, 0.15) is 0 Å². The van der Waals surface area contributed by atoms with E-state index in [1.54, 1.807) is 0 Å². The summed E-state index contributed by atoms with van der Waals surface area (Å²) >= 11 is 0. The topological polar surface area (TPSA) is 0 Å². The number of benzene rings is 4. The van der Waals surface area contributed by atoms with E-state index in [2.05, 4.69) is 111 Å². The lowest BCUT2D eigenvalue weighted by atomic mass is 9.73. The first-order valence-corrected chi connectivity index (χ1v) is 10.7. The summed E-state index contributed by atoms with van der Waals surface area (Å²) in [4.78, 5) is 0. The van der Waals surface area contributed by atoms with Crippen LogP contribution in [0.3, 0.4) is 0 Å². The first-order valence-electron chi connectivity index (χ1n) is 10.7. The minimum absolute atomic E-state index is 0.131. The van der Waals surface area contributed by atoms with Crippen molar-refractivity contribution in [1.82, 2.24) is 0 Å². The van der Waals surface area contributed by atoms with Crippen LogP contribution in [-0.4, -0.2) is 0 Å². The minimum atomic E-state index is 0.131. The third-order valence-corrected chi connectivity index (χ3v) is 6.80. The van der Waals surface area contributed by atoms with Gasteiger partial charge >= 0.3 is 0 Å². The van der Waals surface area contributed by atoms with Gasteiger partial charge in [-0.1, -0.05) is 105 Å². The maximum absolute atomic E-state index is 2.44. The van der Waals surface area contributed by atoms with Crippen molar-refractivity contribution in [3.63, 3.8) is 0 Å². The fraction of sp³-hybridized carbons (Fsp3) is 0.172. The Morgan fingerprint density at radius 1 is 0.483 bits per heavy atom. The second kappa shape index (κ2) is 7.04. The monoisotopic (exact) mass is 374 g/mol. The van der Waals surface area contributed by atoms with Crippen molar-refractivity contribution in [2.45, 2.75) is 32.1 Å². The molecule has 0 saturated heterocycles. The quantitative estimate of drug-likeness (QED) is 0.338. The molecule has 0 bridgehead atoms. The summed E-state index contributed by atoms with van der Waals surface area (Å²) in [5, 5.41) is 0. The third kappa shape index (κ3) is 2.75. The zero-order valence-electron chi connectivity index (χ0n) is 17.2. The highest BCUT2D eigenvalue weighted by Crippen LogP contribution is 2.53. The van der Waals surface area contributed by atoms with E-state index in [9.17, 15) is 0 Å². The molecule has 0 N–H and O–H groups in total. The summed E-state index contributed by atoms with van der Waals surface area (Å²) in [6.45, 7) is 4.66. The van der Waals surface area contributed by atoms with Crippen LogP contribution in [0.25, 0.3) is 33.4 Å². The van der Waals surface area contributed by atoms with Crippen LogP contribution < -0.4 is 0 Å². The van der Waals surface area contributed by atoms with E-state index >= 15 is 0 Å². The van der Waals surface area contributed by atoms with Gasteiger partial charge in [-0.2, -0.15) is 0 Å². The smallest absolute Gasteiger partial charge is 0.0210 e. The lowest BCUT2D eigenvalue weighted by Crippen LogP contribution is -2.23. The largest absolute Gasteiger partial charge is 0.0642 e. The van der Waals surface area contributed by atoms with Crippen LogP contribution in [0.4, 0.5) is 0 Å². The molecule has 4 aromatic rings. The molecule has 142 valence electrons. The fourth-order valence-corrected chi connectivity index (χ4v) is 5.13. The van der Waals surface area contributed by atoms with Gasteiger partial charge in [-0.15, -0.1) is 0 Å². The van der Waals surface area contributed by atoms with E-state index in [1.165, 1.54) is 44.5 Å². The molecule has 29 heavy (non-hydrogen) atoms. The van der Waals surface area contributed by atoms with Crippen LogP contribution in [0.2, 0.25) is 0 Å². The highest BCUT2D eigenvalue weighted by atomic mass is 14.4. The Balaban J connectivity index is 1.59. The molecule has 0 aliphatic heterocycles. The molecule has 0 radical (unpaired) electrons. The lowest BCUT2D eigenvalue weighted by Gasteiger charge is -2.30. The van der Waals surface area contributed by atoms with Gasteiger partial charge in [0.05, 0.1) is 0 Å². The molecule has 0 saturated carbocycles. The molecular weight excluding hydrogens is 348 g/mol. The molecule has 0 unspecified atom stereocenters. The number of rotatable bonds is 4. The zero-order valence-corrected chi connectivity index (χ0v) is 17.2. The van der Waals surface area contributed by atoms with Gasteiger partial charge in [0, 0.05) is 5.41 Å². The second-order valence-corrected chi connectivity index (χ2v) is 8.04. The third-order valence-electron chi connectivity index (χ3n) is 6.80. The summed E-state index contributed by atoms with van der Waals surface area (Å²) in [6, 6.07) is 35.6. The molecule has 0 atom stereocenters. The zero-order chi connectivity index (χ0) is 19.8. The van der Waals surface area contributed by atoms with Crippen LogP contribution in [0.15, 0.2) is 97.1 Å². The number of hydrogen-bond donors (Lipinski definition) is 0. The Hall–Kier alpha value is -3.12. The molecule has 4 aromatic carbocycles. The van der Waals surface area contributed by atoms with E-state index in [0.717, 1.165) is 12.8 Å². The van der Waals surface area contributed by atoms with E-state index in [4.69, 9.17) is 0 Å². The van der Waals surface area contributed by atoms with Crippen LogP contribution in [0.1, 0.15) is 37.8 Å². The SMILES string of the molecule is CCC1(CC)c2ccccc2-c2ccc(-c3ccc(-c4ccccc4)cc3)cc21. The average Bonchev–Trinajstić information content (AvgIpc) is 3.09. The number of hydrogen-bond acceptors (Lipinski definition) is 0. The van der Waals surface area contributed by atoms with Gasteiger partial charge in [0.15, 0.2) is 0 Å². The number of fused-ring (bicyclic) bond motifs is 3. The lowest BCUT2D eigenvalue weighted by molar-refractivity contribution is 0.490. The van der Waals surface area contributed by atoms with Crippen LogP contribution >= 0.6 is 0 Å². The normalized spacial score (nSPS) is 13.7. The summed E-state index contributed by atoms with van der Waals surface area (Å²) in [6.07, 6.45) is 2.26. The first-order chi connectivity index (χ1) is 14.3. The van der Waals surface area contributed by atoms with Gasteiger partial charge in [0.2, 0.25) is 0 Å². The molecule has 0 aromatic heterocycles. The molecule has 5 rings (SSSR count). The van der Waals surface area contributed by atoms with Crippen molar-refractivity contribution in [2.24, 2.45) is 0 Å². The Bertz CT molecular complexity index is 1150. The molecular formula is C29H26.